The molecule has 0 aromatic carbocycles. The second kappa shape index (κ2) is 14.4. The summed E-state index contributed by atoms with van der Waals surface area (Å²) in [5, 5.41) is 11.6. The van der Waals surface area contributed by atoms with Gasteiger partial charge in [0.15, 0.2) is 0 Å². The highest BCUT2D eigenvalue weighted by molar-refractivity contribution is 6.38. The fourth-order valence-electron chi connectivity index (χ4n) is 8.09. The number of amides is 5. The Kier molecular flexibility index (Phi) is 10.3. The van der Waals surface area contributed by atoms with E-state index in [1.54, 1.807) is 4.90 Å². The fourth-order valence-corrected chi connectivity index (χ4v) is 8.09. The molecule has 4 N–H and O–H groups in total. The lowest BCUT2D eigenvalue weighted by atomic mass is 9.70. The van der Waals surface area contributed by atoms with Crippen LogP contribution in [0.5, 0.6) is 0 Å². The average Bonchev–Trinajstić information content (AvgIpc) is 4.00. The Balaban J connectivity index is 1.19. The van der Waals surface area contributed by atoms with E-state index in [0.29, 0.717) is 13.0 Å². The summed E-state index contributed by atoms with van der Waals surface area (Å²) in [5.74, 6) is -2.70. The van der Waals surface area contributed by atoms with Crippen LogP contribution in [-0.4, -0.2) is 86.9 Å². The SMILES string of the molecule is CC(C)(C)[C@H](NC(=O)[C@@H](NC(=O)c1cnccn1)C1(C)CCCCC1)C(=O)N1C[C@@H]2C[C@@H]2[C@H]1C(=O)NC(CC1CCC1)C(=O)C(=O)NC1CC1. The van der Waals surface area contributed by atoms with Crippen molar-refractivity contribution in [1.82, 2.24) is 36.1 Å². The maximum absolute atomic E-state index is 14.5. The Morgan fingerprint density at radius 2 is 1.66 bits per heavy atom. The van der Waals surface area contributed by atoms with E-state index in [4.69, 9.17) is 0 Å². The molecule has 50 heavy (non-hydrogen) atoms. The van der Waals surface area contributed by atoms with Gasteiger partial charge in [0, 0.05) is 25.0 Å². The summed E-state index contributed by atoms with van der Waals surface area (Å²) in [7, 11) is 0. The predicted molar refractivity (Wildman–Crippen MR) is 183 cm³/mol. The van der Waals surface area contributed by atoms with Crippen LogP contribution >= 0.6 is 0 Å². The van der Waals surface area contributed by atoms with Crippen molar-refractivity contribution in [2.75, 3.05) is 6.54 Å². The smallest absolute Gasteiger partial charge is 0.289 e. The van der Waals surface area contributed by atoms with E-state index in [2.05, 4.69) is 31.2 Å². The monoisotopic (exact) mass is 691 g/mol. The summed E-state index contributed by atoms with van der Waals surface area (Å²) in [6, 6.07) is -3.66. The van der Waals surface area contributed by atoms with Gasteiger partial charge in [0.05, 0.1) is 12.2 Å². The van der Waals surface area contributed by atoms with E-state index < -0.39 is 64.4 Å². The van der Waals surface area contributed by atoms with Crippen LogP contribution in [0, 0.1) is 28.6 Å². The number of carbonyl (C=O) groups excluding carboxylic acids is 6. The molecule has 5 aliphatic rings. The molecule has 6 rings (SSSR count). The first-order chi connectivity index (χ1) is 23.7. The summed E-state index contributed by atoms with van der Waals surface area (Å²) in [5.41, 5.74) is -1.19. The maximum atomic E-state index is 14.5. The topological polar surface area (TPSA) is 180 Å². The predicted octanol–water partition coefficient (Wildman–Crippen LogP) is 2.45. The molecule has 2 heterocycles. The van der Waals surface area contributed by atoms with Crippen LogP contribution in [0.4, 0.5) is 0 Å². The van der Waals surface area contributed by atoms with Gasteiger partial charge in [0.1, 0.15) is 23.8 Å². The lowest BCUT2D eigenvalue weighted by Gasteiger charge is -2.42. The molecule has 0 bridgehead atoms. The van der Waals surface area contributed by atoms with E-state index >= 15 is 0 Å². The maximum Gasteiger partial charge on any atom is 0.289 e. The highest BCUT2D eigenvalue weighted by Crippen LogP contribution is 2.50. The molecular formula is C37H53N7O6. The molecular weight excluding hydrogens is 638 g/mol. The average molecular weight is 692 g/mol. The van der Waals surface area contributed by atoms with Gasteiger partial charge in [-0.05, 0) is 67.1 Å². The number of hydrogen-bond acceptors (Lipinski definition) is 8. The van der Waals surface area contributed by atoms with E-state index in [1.165, 1.54) is 18.6 Å². The minimum absolute atomic E-state index is 0.0202. The number of hydrogen-bond donors (Lipinski definition) is 4. The second-order valence-electron chi connectivity index (χ2n) is 16.8. The molecule has 1 aromatic heterocycles. The number of ketones is 1. The molecule has 13 nitrogen and oxygen atoms in total. The van der Waals surface area contributed by atoms with Crippen LogP contribution in [0.15, 0.2) is 18.6 Å². The Morgan fingerprint density at radius 1 is 0.940 bits per heavy atom. The molecule has 13 heteroatoms. The third-order valence-corrected chi connectivity index (χ3v) is 11.7. The van der Waals surface area contributed by atoms with Gasteiger partial charge in [-0.3, -0.25) is 33.8 Å². The molecule has 5 fully saturated rings. The normalized spacial score (nSPS) is 25.9. The zero-order valence-corrected chi connectivity index (χ0v) is 29.8. The van der Waals surface area contributed by atoms with Crippen molar-refractivity contribution in [3.05, 3.63) is 24.3 Å². The molecule has 1 saturated heterocycles. The molecule has 1 aliphatic heterocycles. The third-order valence-electron chi connectivity index (χ3n) is 11.7. The zero-order valence-electron chi connectivity index (χ0n) is 29.8. The summed E-state index contributed by atoms with van der Waals surface area (Å²) < 4.78 is 0. The molecule has 6 atom stereocenters. The van der Waals surface area contributed by atoms with Crippen molar-refractivity contribution in [2.45, 2.75) is 135 Å². The third kappa shape index (κ3) is 8.01. The van der Waals surface area contributed by atoms with Gasteiger partial charge in [-0.2, -0.15) is 0 Å². The Hall–Kier alpha value is -3.90. The lowest BCUT2D eigenvalue weighted by molar-refractivity contribution is -0.146. The minimum Gasteiger partial charge on any atom is -0.347 e. The van der Waals surface area contributed by atoms with Gasteiger partial charge in [-0.1, -0.05) is 66.2 Å². The Labute approximate surface area is 294 Å². The molecule has 272 valence electrons. The van der Waals surface area contributed by atoms with Crippen LogP contribution < -0.4 is 21.3 Å². The number of aromatic nitrogens is 2. The number of nitrogens with zero attached hydrogens (tertiary/aromatic N) is 3. The highest BCUT2D eigenvalue weighted by Gasteiger charge is 2.58. The number of nitrogens with one attached hydrogen (secondary N) is 4. The van der Waals surface area contributed by atoms with Crippen LogP contribution in [0.25, 0.3) is 0 Å². The zero-order chi connectivity index (χ0) is 35.8. The van der Waals surface area contributed by atoms with E-state index in [1.807, 2.05) is 27.7 Å². The van der Waals surface area contributed by atoms with Crippen molar-refractivity contribution in [3.63, 3.8) is 0 Å². The van der Waals surface area contributed by atoms with Crippen LogP contribution in [0.3, 0.4) is 0 Å². The van der Waals surface area contributed by atoms with Crippen molar-refractivity contribution in [3.8, 4) is 0 Å². The van der Waals surface area contributed by atoms with Crippen LogP contribution in [0.1, 0.15) is 115 Å². The summed E-state index contributed by atoms with van der Waals surface area (Å²) in [4.78, 5) is 91.9. The van der Waals surface area contributed by atoms with Gasteiger partial charge in [0.2, 0.25) is 23.5 Å². The van der Waals surface area contributed by atoms with Gasteiger partial charge >= 0.3 is 0 Å². The summed E-state index contributed by atoms with van der Waals surface area (Å²) in [6.07, 6.45) is 14.5. The number of piperidine rings is 1. The molecule has 4 aliphatic carbocycles. The minimum atomic E-state index is -0.998. The second-order valence-corrected chi connectivity index (χ2v) is 16.8. The van der Waals surface area contributed by atoms with E-state index in [9.17, 15) is 28.8 Å². The standard InChI is InChI=1S/C37H53N7O6/c1-36(2,3)30(43-34(49)29(37(4)13-6-5-7-14-37)42-31(46)26-19-38-15-16-39-26)35(50)44-20-22-18-24(22)27(44)32(47)41-25(17-21-9-8-10-21)28(45)33(48)40-23-11-12-23/h15-16,19,21-25,27,29-30H,5-14,17-18,20H2,1-4H3,(H,40,48)(H,41,47)(H,42,46)(H,43,49)/t22-,24-,25?,27-,29+,30+/m0/s1. The van der Waals surface area contributed by atoms with Crippen molar-refractivity contribution >= 4 is 35.3 Å². The fraction of sp³-hybridized carbons (Fsp3) is 0.730. The number of rotatable bonds is 13. The first kappa shape index (κ1) is 35.9. The quantitative estimate of drug-likeness (QED) is 0.228. The van der Waals surface area contributed by atoms with Gasteiger partial charge in [0.25, 0.3) is 11.8 Å². The van der Waals surface area contributed by atoms with Gasteiger partial charge in [-0.25, -0.2) is 4.98 Å². The first-order valence-electron chi connectivity index (χ1n) is 18.6. The largest absolute Gasteiger partial charge is 0.347 e. The molecule has 0 spiro atoms. The van der Waals surface area contributed by atoms with Crippen molar-refractivity contribution < 1.29 is 28.8 Å². The first-order valence-corrected chi connectivity index (χ1v) is 18.6. The number of Topliss-reactive ketones (excluding diaryl/α,β-unsaturated/α-hetero) is 1. The number of likely N-dealkylation sites (tertiary alicyclic amines) is 1. The molecule has 5 amide bonds. The molecule has 1 unspecified atom stereocenters. The van der Waals surface area contributed by atoms with Crippen molar-refractivity contribution in [1.29, 1.82) is 0 Å². The highest BCUT2D eigenvalue weighted by atomic mass is 16.2. The summed E-state index contributed by atoms with van der Waals surface area (Å²) in [6.45, 7) is 7.97. The van der Waals surface area contributed by atoms with Crippen LogP contribution in [0.2, 0.25) is 0 Å². The van der Waals surface area contributed by atoms with E-state index in [0.717, 1.165) is 70.6 Å². The van der Waals surface area contributed by atoms with Gasteiger partial charge < -0.3 is 26.2 Å². The Morgan fingerprint density at radius 3 is 2.26 bits per heavy atom. The molecule has 4 saturated carbocycles. The molecule has 1 aromatic rings. The lowest BCUT2D eigenvalue weighted by Crippen LogP contribution is -2.63. The van der Waals surface area contributed by atoms with Crippen molar-refractivity contribution in [2.24, 2.45) is 28.6 Å². The number of carbonyl (C=O) groups is 6. The summed E-state index contributed by atoms with van der Waals surface area (Å²) >= 11 is 0. The number of fused-ring (bicyclic) bond motifs is 1. The van der Waals surface area contributed by atoms with Gasteiger partial charge in [-0.15, -0.1) is 0 Å². The molecule has 0 radical (unpaired) electrons. The Bertz CT molecular complexity index is 1480. The van der Waals surface area contributed by atoms with Crippen LogP contribution in [-0.2, 0) is 24.0 Å². The van der Waals surface area contributed by atoms with E-state index in [-0.39, 0.29) is 35.4 Å².